The number of rotatable bonds is 7. The van der Waals surface area contributed by atoms with Crippen LogP contribution in [-0.2, 0) is 11.3 Å². The summed E-state index contributed by atoms with van der Waals surface area (Å²) < 4.78 is 6.96. The summed E-state index contributed by atoms with van der Waals surface area (Å²) in [6.45, 7) is 1.02. The summed E-state index contributed by atoms with van der Waals surface area (Å²) in [4.78, 5) is 12.4. The second-order valence-electron chi connectivity index (χ2n) is 7.17. The quantitative estimate of drug-likeness (QED) is 0.799. The maximum atomic E-state index is 12.4. The van der Waals surface area contributed by atoms with Crippen molar-refractivity contribution in [3.8, 4) is 11.4 Å². The van der Waals surface area contributed by atoms with E-state index in [1.54, 1.807) is 11.8 Å². The van der Waals surface area contributed by atoms with E-state index in [4.69, 9.17) is 10.5 Å². The minimum absolute atomic E-state index is 0.00914. The lowest BCUT2D eigenvalue weighted by molar-refractivity contribution is -0.124. The number of carbonyl (C=O) groups is 1. The van der Waals surface area contributed by atoms with E-state index in [1.165, 1.54) is 19.3 Å². The standard InChI is InChI=1S/C20H28N4O2/c1-26-18-7-5-17(6-8-18)24-12-9-16(23-24)14-22-19(25)13-20(15-21)10-3-2-4-11-20/h5-9,12H,2-4,10-11,13-15,21H2,1H3,(H,22,25). The zero-order valence-electron chi connectivity index (χ0n) is 15.4. The zero-order valence-corrected chi connectivity index (χ0v) is 15.4. The predicted octanol–water partition coefficient (Wildman–Crippen LogP) is 2.80. The average molecular weight is 356 g/mol. The minimum Gasteiger partial charge on any atom is -0.497 e. The van der Waals surface area contributed by atoms with Gasteiger partial charge in [0.15, 0.2) is 0 Å². The van der Waals surface area contributed by atoms with Crippen molar-refractivity contribution in [2.75, 3.05) is 13.7 Å². The lowest BCUT2D eigenvalue weighted by atomic mass is 9.71. The van der Waals surface area contributed by atoms with Crippen molar-refractivity contribution >= 4 is 5.91 Å². The van der Waals surface area contributed by atoms with E-state index in [2.05, 4.69) is 10.4 Å². The number of benzene rings is 1. The van der Waals surface area contributed by atoms with Crippen LogP contribution in [0.1, 0.15) is 44.2 Å². The lowest BCUT2D eigenvalue weighted by Crippen LogP contribution is -2.38. The Morgan fingerprint density at radius 2 is 1.96 bits per heavy atom. The number of carbonyl (C=O) groups excluding carboxylic acids is 1. The number of hydrogen-bond acceptors (Lipinski definition) is 4. The van der Waals surface area contributed by atoms with E-state index in [-0.39, 0.29) is 11.3 Å². The topological polar surface area (TPSA) is 82.2 Å². The Hall–Kier alpha value is -2.34. The lowest BCUT2D eigenvalue weighted by Gasteiger charge is -2.35. The van der Waals surface area contributed by atoms with Gasteiger partial charge in [0.2, 0.25) is 5.91 Å². The third-order valence-electron chi connectivity index (χ3n) is 5.33. The molecule has 1 aliphatic carbocycles. The van der Waals surface area contributed by atoms with Crippen LogP contribution in [-0.4, -0.2) is 29.3 Å². The third kappa shape index (κ3) is 4.43. The summed E-state index contributed by atoms with van der Waals surface area (Å²) in [5, 5.41) is 7.53. The van der Waals surface area contributed by atoms with Gasteiger partial charge in [0.1, 0.15) is 5.75 Å². The Morgan fingerprint density at radius 1 is 1.23 bits per heavy atom. The van der Waals surface area contributed by atoms with Crippen LogP contribution < -0.4 is 15.8 Å². The minimum atomic E-state index is -0.00914. The van der Waals surface area contributed by atoms with Gasteiger partial charge in [-0.2, -0.15) is 5.10 Å². The number of ether oxygens (including phenoxy) is 1. The molecule has 1 aromatic heterocycles. The van der Waals surface area contributed by atoms with Gasteiger partial charge < -0.3 is 15.8 Å². The first-order valence-corrected chi connectivity index (χ1v) is 9.30. The van der Waals surface area contributed by atoms with E-state index in [1.807, 2.05) is 36.5 Å². The molecule has 3 N–H and O–H groups in total. The number of aromatic nitrogens is 2. The molecule has 0 spiro atoms. The van der Waals surface area contributed by atoms with Crippen molar-refractivity contribution in [1.29, 1.82) is 0 Å². The third-order valence-corrected chi connectivity index (χ3v) is 5.33. The highest BCUT2D eigenvalue weighted by atomic mass is 16.5. The highest BCUT2D eigenvalue weighted by molar-refractivity contribution is 5.76. The van der Waals surface area contributed by atoms with Crippen LogP contribution in [0.25, 0.3) is 5.69 Å². The first-order chi connectivity index (χ1) is 12.6. The molecular weight excluding hydrogens is 328 g/mol. The summed E-state index contributed by atoms with van der Waals surface area (Å²) in [7, 11) is 1.64. The molecule has 1 amide bonds. The zero-order chi connectivity index (χ0) is 18.4. The summed E-state index contributed by atoms with van der Waals surface area (Å²) in [6.07, 6.45) is 8.14. The van der Waals surface area contributed by atoms with Crippen LogP contribution in [0, 0.1) is 5.41 Å². The molecule has 140 valence electrons. The molecule has 0 saturated heterocycles. The van der Waals surface area contributed by atoms with E-state index < -0.39 is 0 Å². The first kappa shape index (κ1) is 18.5. The van der Waals surface area contributed by atoms with E-state index in [9.17, 15) is 4.79 Å². The van der Waals surface area contributed by atoms with Crippen molar-refractivity contribution in [1.82, 2.24) is 15.1 Å². The fraction of sp³-hybridized carbons (Fsp3) is 0.500. The molecular formula is C20H28N4O2. The maximum absolute atomic E-state index is 12.4. The number of methoxy groups -OCH3 is 1. The maximum Gasteiger partial charge on any atom is 0.220 e. The molecule has 1 saturated carbocycles. The Morgan fingerprint density at radius 3 is 2.62 bits per heavy atom. The smallest absolute Gasteiger partial charge is 0.220 e. The number of nitrogens with two attached hydrogens (primary N) is 1. The summed E-state index contributed by atoms with van der Waals surface area (Å²) in [5.41, 5.74) is 7.75. The Bertz CT molecular complexity index is 718. The van der Waals surface area contributed by atoms with Crippen molar-refractivity contribution < 1.29 is 9.53 Å². The predicted molar refractivity (Wildman–Crippen MR) is 101 cm³/mol. The first-order valence-electron chi connectivity index (χ1n) is 9.30. The summed E-state index contributed by atoms with van der Waals surface area (Å²) in [6, 6.07) is 9.61. The van der Waals surface area contributed by atoms with Gasteiger partial charge in [-0.3, -0.25) is 4.79 Å². The van der Waals surface area contributed by atoms with Crippen LogP contribution in [0.5, 0.6) is 5.75 Å². The van der Waals surface area contributed by atoms with Gasteiger partial charge in [-0.05, 0) is 55.1 Å². The van der Waals surface area contributed by atoms with Gasteiger partial charge in [0.05, 0.1) is 25.0 Å². The SMILES string of the molecule is COc1ccc(-n2ccc(CNC(=O)CC3(CN)CCCCC3)n2)cc1. The molecule has 6 heteroatoms. The van der Waals surface area contributed by atoms with Crippen LogP contribution in [0.2, 0.25) is 0 Å². The molecule has 0 unspecified atom stereocenters. The Kier molecular flexibility index (Phi) is 5.93. The Labute approximate surface area is 154 Å². The molecule has 6 nitrogen and oxygen atoms in total. The van der Waals surface area contributed by atoms with Gasteiger partial charge in [0, 0.05) is 12.6 Å². The van der Waals surface area contributed by atoms with E-state index >= 15 is 0 Å². The summed E-state index contributed by atoms with van der Waals surface area (Å²) in [5.74, 6) is 0.876. The second kappa shape index (κ2) is 8.36. The van der Waals surface area contributed by atoms with Gasteiger partial charge >= 0.3 is 0 Å². The van der Waals surface area contributed by atoms with Crippen molar-refractivity contribution in [3.05, 3.63) is 42.2 Å². The molecule has 1 heterocycles. The van der Waals surface area contributed by atoms with Crippen molar-refractivity contribution in [2.24, 2.45) is 11.1 Å². The van der Waals surface area contributed by atoms with Crippen LogP contribution >= 0.6 is 0 Å². The van der Waals surface area contributed by atoms with Crippen LogP contribution in [0.4, 0.5) is 0 Å². The molecule has 2 aromatic rings. The fourth-order valence-electron chi connectivity index (χ4n) is 3.68. The van der Waals surface area contributed by atoms with Crippen LogP contribution in [0.3, 0.4) is 0 Å². The Balaban J connectivity index is 1.54. The van der Waals surface area contributed by atoms with Gasteiger partial charge in [-0.15, -0.1) is 0 Å². The molecule has 1 aliphatic rings. The second-order valence-corrected chi connectivity index (χ2v) is 7.17. The van der Waals surface area contributed by atoms with Gasteiger partial charge in [0.25, 0.3) is 0 Å². The van der Waals surface area contributed by atoms with Crippen LogP contribution in [0.15, 0.2) is 36.5 Å². The average Bonchev–Trinajstić information content (AvgIpc) is 3.16. The largest absolute Gasteiger partial charge is 0.497 e. The molecule has 0 bridgehead atoms. The highest BCUT2D eigenvalue weighted by Crippen LogP contribution is 2.38. The number of nitrogens with zero attached hydrogens (tertiary/aromatic N) is 2. The molecule has 26 heavy (non-hydrogen) atoms. The summed E-state index contributed by atoms with van der Waals surface area (Å²) >= 11 is 0. The van der Waals surface area contributed by atoms with Gasteiger partial charge in [-0.25, -0.2) is 4.68 Å². The molecule has 0 aliphatic heterocycles. The molecule has 1 aromatic carbocycles. The van der Waals surface area contributed by atoms with Crippen molar-refractivity contribution in [3.63, 3.8) is 0 Å². The highest BCUT2D eigenvalue weighted by Gasteiger charge is 2.32. The van der Waals surface area contributed by atoms with E-state index in [0.29, 0.717) is 19.5 Å². The monoisotopic (exact) mass is 356 g/mol. The number of hydrogen-bond donors (Lipinski definition) is 2. The molecule has 0 radical (unpaired) electrons. The van der Waals surface area contributed by atoms with E-state index in [0.717, 1.165) is 30.0 Å². The molecule has 3 rings (SSSR count). The molecule has 0 atom stereocenters. The normalized spacial score (nSPS) is 16.2. The molecule has 1 fully saturated rings. The number of nitrogens with one attached hydrogen (secondary N) is 1. The fourth-order valence-corrected chi connectivity index (χ4v) is 3.68. The van der Waals surface area contributed by atoms with Gasteiger partial charge in [-0.1, -0.05) is 19.3 Å². The number of amides is 1. The van der Waals surface area contributed by atoms with Crippen molar-refractivity contribution in [2.45, 2.75) is 45.1 Å².